The zero-order chi connectivity index (χ0) is 15.0. The first kappa shape index (κ1) is 14.5. The number of rotatable bonds is 4. The Bertz CT molecular complexity index is 843. The summed E-state index contributed by atoms with van der Waals surface area (Å²) < 4.78 is 62.7. The van der Waals surface area contributed by atoms with Crippen LogP contribution in [0.15, 0.2) is 46.3 Å². The molecule has 0 unspecified atom stereocenters. The van der Waals surface area contributed by atoms with E-state index >= 15 is 0 Å². The van der Waals surface area contributed by atoms with Crippen LogP contribution in [0.5, 0.6) is 0 Å². The Morgan fingerprint density at radius 2 is 1.70 bits per heavy atom. The monoisotopic (exact) mass is 319 g/mol. The largest absolute Gasteiger partial charge is 0.333 e. The van der Waals surface area contributed by atoms with Gasteiger partial charge in [0.25, 0.3) is 10.0 Å². The van der Waals surface area contributed by atoms with Gasteiger partial charge in [-0.15, -0.1) is 3.89 Å². The van der Waals surface area contributed by atoms with Crippen molar-refractivity contribution in [3.8, 4) is 0 Å². The minimum atomic E-state index is -5.15. The van der Waals surface area contributed by atoms with E-state index in [1.54, 1.807) is 7.05 Å². The normalized spacial score (nSPS) is 12.3. The summed E-state index contributed by atoms with van der Waals surface area (Å²) in [6.07, 6.45) is 1.50. The maximum Gasteiger partial charge on any atom is 0.333 e. The van der Waals surface area contributed by atoms with Gasteiger partial charge in [-0.2, -0.15) is 13.5 Å². The number of anilines is 1. The van der Waals surface area contributed by atoms with Crippen LogP contribution in [0.4, 0.5) is 9.70 Å². The van der Waals surface area contributed by atoms with Crippen LogP contribution >= 0.6 is 0 Å². The molecule has 0 atom stereocenters. The van der Waals surface area contributed by atoms with Gasteiger partial charge in [0.05, 0.1) is 0 Å². The Morgan fingerprint density at radius 3 is 2.20 bits per heavy atom. The van der Waals surface area contributed by atoms with Crippen molar-refractivity contribution in [1.29, 1.82) is 0 Å². The molecule has 0 bridgehead atoms. The van der Waals surface area contributed by atoms with E-state index in [4.69, 9.17) is 0 Å². The number of aryl methyl sites for hydroxylation is 1. The van der Waals surface area contributed by atoms with Crippen LogP contribution < -0.4 is 4.72 Å². The molecule has 10 heteroatoms. The fraction of sp³-hybridized carbons (Fsp3) is 0.100. The molecule has 7 nitrogen and oxygen atoms in total. The van der Waals surface area contributed by atoms with Gasteiger partial charge in [-0.05, 0) is 12.1 Å². The number of hydrogen-bond donors (Lipinski definition) is 1. The second kappa shape index (κ2) is 4.87. The quantitative estimate of drug-likeness (QED) is 0.844. The second-order valence-corrected chi connectivity index (χ2v) is 6.83. The molecule has 0 saturated carbocycles. The highest BCUT2D eigenvalue weighted by Gasteiger charge is 2.26. The third kappa shape index (κ3) is 2.96. The molecule has 20 heavy (non-hydrogen) atoms. The van der Waals surface area contributed by atoms with Gasteiger partial charge >= 0.3 is 10.2 Å². The van der Waals surface area contributed by atoms with Gasteiger partial charge < -0.3 is 0 Å². The van der Waals surface area contributed by atoms with Gasteiger partial charge in [0, 0.05) is 19.3 Å². The molecular weight excluding hydrogens is 309 g/mol. The topological polar surface area (TPSA) is 98.1 Å². The lowest BCUT2D eigenvalue weighted by molar-refractivity contribution is 0.547. The van der Waals surface area contributed by atoms with Gasteiger partial charge in [-0.25, -0.2) is 8.42 Å². The van der Waals surface area contributed by atoms with Crippen LogP contribution in [0.3, 0.4) is 0 Å². The molecule has 0 aliphatic carbocycles. The van der Waals surface area contributed by atoms with Crippen LogP contribution in [-0.2, 0) is 27.3 Å². The van der Waals surface area contributed by atoms with E-state index in [0.29, 0.717) is 0 Å². The van der Waals surface area contributed by atoms with E-state index in [1.165, 1.54) is 29.1 Å². The van der Waals surface area contributed by atoms with Crippen LogP contribution in [0.2, 0.25) is 0 Å². The number of nitrogens with one attached hydrogen (secondary N) is 1. The SMILES string of the molecule is Cn1ccc(NS(=O)(=O)c2ccccc2S(=O)(=O)F)n1. The van der Waals surface area contributed by atoms with E-state index in [-0.39, 0.29) is 5.82 Å². The van der Waals surface area contributed by atoms with E-state index < -0.39 is 30.0 Å². The molecule has 0 fully saturated rings. The maximum absolute atomic E-state index is 13.1. The zero-order valence-corrected chi connectivity index (χ0v) is 11.8. The summed E-state index contributed by atoms with van der Waals surface area (Å²) in [5.74, 6) is -0.00133. The lowest BCUT2D eigenvalue weighted by atomic mass is 10.4. The number of hydrogen-bond acceptors (Lipinski definition) is 5. The maximum atomic E-state index is 13.1. The van der Waals surface area contributed by atoms with Crippen molar-refractivity contribution in [2.24, 2.45) is 7.05 Å². The van der Waals surface area contributed by atoms with Gasteiger partial charge in [-0.3, -0.25) is 9.40 Å². The summed E-state index contributed by atoms with van der Waals surface area (Å²) in [6.45, 7) is 0. The van der Waals surface area contributed by atoms with E-state index in [0.717, 1.165) is 12.1 Å². The summed E-state index contributed by atoms with van der Waals surface area (Å²) in [5.41, 5.74) is 0. The second-order valence-electron chi connectivity index (χ2n) is 3.86. The lowest BCUT2D eigenvalue weighted by Crippen LogP contribution is -2.16. The van der Waals surface area contributed by atoms with Gasteiger partial charge in [-0.1, -0.05) is 12.1 Å². The molecule has 1 heterocycles. The van der Waals surface area contributed by atoms with Gasteiger partial charge in [0.15, 0.2) is 5.82 Å². The third-order valence-corrected chi connectivity index (χ3v) is 4.78. The standard InChI is InChI=1S/C10H10FN3O4S2/c1-14-7-6-10(12-14)13-20(17,18)9-5-3-2-4-8(9)19(11,15)16/h2-7H,1H3,(H,12,13). The molecule has 0 spiro atoms. The number of benzene rings is 1. The van der Waals surface area contributed by atoms with Crippen molar-refractivity contribution in [2.75, 3.05) is 4.72 Å². The predicted octanol–water partition coefficient (Wildman–Crippen LogP) is 0.879. The Labute approximate surface area is 115 Å². The molecule has 1 aromatic heterocycles. The van der Waals surface area contributed by atoms with Crippen molar-refractivity contribution >= 4 is 26.1 Å². The predicted molar refractivity (Wildman–Crippen MR) is 68.8 cm³/mol. The fourth-order valence-corrected chi connectivity index (χ4v) is 3.80. The van der Waals surface area contributed by atoms with Gasteiger partial charge in [0.2, 0.25) is 0 Å². The summed E-state index contributed by atoms with van der Waals surface area (Å²) in [4.78, 5) is -1.59. The first-order valence-electron chi connectivity index (χ1n) is 5.26. The molecule has 0 saturated heterocycles. The highest BCUT2D eigenvalue weighted by molar-refractivity contribution is 7.94. The molecule has 0 amide bonds. The highest BCUT2D eigenvalue weighted by Crippen LogP contribution is 2.24. The Kier molecular flexibility index (Phi) is 3.52. The first-order valence-corrected chi connectivity index (χ1v) is 8.13. The number of halogens is 1. The lowest BCUT2D eigenvalue weighted by Gasteiger charge is -2.08. The minimum Gasteiger partial charge on any atom is -0.274 e. The molecule has 1 N–H and O–H groups in total. The van der Waals surface area contributed by atoms with Crippen LogP contribution in [0, 0.1) is 0 Å². The van der Waals surface area contributed by atoms with Crippen LogP contribution in [0.25, 0.3) is 0 Å². The van der Waals surface area contributed by atoms with E-state index in [9.17, 15) is 20.7 Å². The molecule has 0 aliphatic rings. The van der Waals surface area contributed by atoms with Gasteiger partial charge in [0.1, 0.15) is 9.79 Å². The fourth-order valence-electron chi connectivity index (χ4n) is 1.54. The Morgan fingerprint density at radius 1 is 1.10 bits per heavy atom. The van der Waals surface area contributed by atoms with Crippen molar-refractivity contribution in [1.82, 2.24) is 9.78 Å². The number of nitrogens with zero attached hydrogens (tertiary/aromatic N) is 2. The number of sulfonamides is 1. The average molecular weight is 319 g/mol. The smallest absolute Gasteiger partial charge is 0.274 e. The van der Waals surface area contributed by atoms with Crippen LogP contribution in [0.1, 0.15) is 0 Å². The molecule has 0 aliphatic heterocycles. The summed E-state index contributed by atoms with van der Waals surface area (Å²) >= 11 is 0. The molecule has 108 valence electrons. The summed E-state index contributed by atoms with van der Waals surface area (Å²) in [5, 5.41) is 3.80. The highest BCUT2D eigenvalue weighted by atomic mass is 32.3. The molecule has 0 radical (unpaired) electrons. The van der Waals surface area contributed by atoms with E-state index in [2.05, 4.69) is 9.82 Å². The number of aromatic nitrogens is 2. The third-order valence-electron chi connectivity index (χ3n) is 2.35. The van der Waals surface area contributed by atoms with Crippen molar-refractivity contribution in [3.05, 3.63) is 36.5 Å². The summed E-state index contributed by atoms with van der Waals surface area (Å²) in [7, 11) is -7.83. The molecule has 1 aromatic carbocycles. The Balaban J connectivity index is 2.50. The Hall–Kier alpha value is -1.94. The average Bonchev–Trinajstić information content (AvgIpc) is 2.73. The van der Waals surface area contributed by atoms with Crippen molar-refractivity contribution < 1.29 is 20.7 Å². The molecular formula is C10H10FN3O4S2. The first-order chi connectivity index (χ1) is 9.20. The minimum absolute atomic E-state index is 0.00133. The van der Waals surface area contributed by atoms with Crippen molar-refractivity contribution in [2.45, 2.75) is 9.79 Å². The summed E-state index contributed by atoms with van der Waals surface area (Å²) in [6, 6.07) is 5.78. The van der Waals surface area contributed by atoms with E-state index in [1.807, 2.05) is 0 Å². The van der Waals surface area contributed by atoms with Crippen LogP contribution in [-0.4, -0.2) is 26.6 Å². The molecule has 2 rings (SSSR count). The zero-order valence-electron chi connectivity index (χ0n) is 10.2. The van der Waals surface area contributed by atoms with Crippen molar-refractivity contribution in [3.63, 3.8) is 0 Å². The molecule has 2 aromatic rings.